The summed E-state index contributed by atoms with van der Waals surface area (Å²) in [7, 11) is -1.80. The average Bonchev–Trinajstić information content (AvgIpc) is 2.60. The summed E-state index contributed by atoms with van der Waals surface area (Å²) in [5, 5.41) is 1.89. The zero-order valence-corrected chi connectivity index (χ0v) is 14.5. The molecule has 0 saturated carbocycles. The second-order valence-electron chi connectivity index (χ2n) is 6.05. The Labute approximate surface area is 138 Å². The molecule has 0 aromatic heterocycles. The maximum atomic E-state index is 13.0. The van der Waals surface area contributed by atoms with Crippen LogP contribution < -0.4 is 4.74 Å². The van der Waals surface area contributed by atoms with Gasteiger partial charge in [0.25, 0.3) is 0 Å². The topological polar surface area (TPSA) is 46.6 Å². The molecule has 0 unspecified atom stereocenters. The normalized spacial score (nSPS) is 19.8. The molecule has 4 nitrogen and oxygen atoms in total. The summed E-state index contributed by atoms with van der Waals surface area (Å²) in [5.41, 5.74) is 0. The number of hydrogen-bond donors (Lipinski definition) is 0. The van der Waals surface area contributed by atoms with Crippen LogP contribution in [0.15, 0.2) is 41.3 Å². The van der Waals surface area contributed by atoms with Crippen molar-refractivity contribution in [3.05, 3.63) is 36.4 Å². The van der Waals surface area contributed by atoms with Gasteiger partial charge in [-0.3, -0.25) is 0 Å². The van der Waals surface area contributed by atoms with E-state index in [0.29, 0.717) is 11.4 Å². The molecule has 5 heteroatoms. The van der Waals surface area contributed by atoms with E-state index in [9.17, 15) is 8.42 Å². The first kappa shape index (κ1) is 16.3. The molecule has 1 atom stereocenters. The van der Waals surface area contributed by atoms with Crippen LogP contribution in [0.5, 0.6) is 5.75 Å². The van der Waals surface area contributed by atoms with Gasteiger partial charge in [-0.25, -0.2) is 8.42 Å². The number of fused-ring (bicyclic) bond motifs is 1. The number of rotatable bonds is 4. The van der Waals surface area contributed by atoms with Crippen molar-refractivity contribution in [3.63, 3.8) is 0 Å². The van der Waals surface area contributed by atoms with Crippen LogP contribution in [-0.4, -0.2) is 32.4 Å². The van der Waals surface area contributed by atoms with E-state index in [1.54, 1.807) is 23.5 Å². The number of sulfonamides is 1. The summed E-state index contributed by atoms with van der Waals surface area (Å²) in [6, 6.07) is 11.1. The Morgan fingerprint density at radius 2 is 1.87 bits per heavy atom. The Kier molecular flexibility index (Phi) is 4.60. The van der Waals surface area contributed by atoms with Gasteiger partial charge in [0.1, 0.15) is 5.75 Å². The van der Waals surface area contributed by atoms with E-state index in [4.69, 9.17) is 4.74 Å². The van der Waals surface area contributed by atoms with Gasteiger partial charge in [0, 0.05) is 12.6 Å². The van der Waals surface area contributed by atoms with Crippen molar-refractivity contribution in [1.82, 2.24) is 4.31 Å². The van der Waals surface area contributed by atoms with Crippen LogP contribution in [0, 0.1) is 0 Å². The minimum atomic E-state index is -3.43. The fraction of sp³-hybridized carbons (Fsp3) is 0.444. The Morgan fingerprint density at radius 3 is 2.61 bits per heavy atom. The quantitative estimate of drug-likeness (QED) is 0.855. The van der Waals surface area contributed by atoms with Crippen LogP contribution >= 0.6 is 0 Å². The fourth-order valence-corrected chi connectivity index (χ4v) is 5.13. The van der Waals surface area contributed by atoms with E-state index in [1.165, 1.54) is 0 Å². The Morgan fingerprint density at radius 1 is 1.13 bits per heavy atom. The van der Waals surface area contributed by atoms with Crippen molar-refractivity contribution in [1.29, 1.82) is 0 Å². The summed E-state index contributed by atoms with van der Waals surface area (Å²) < 4.78 is 33.0. The minimum Gasteiger partial charge on any atom is -0.497 e. The molecule has 2 aromatic carbocycles. The van der Waals surface area contributed by atoms with Gasteiger partial charge in [-0.05, 0) is 54.3 Å². The average molecular weight is 333 g/mol. The van der Waals surface area contributed by atoms with Crippen LogP contribution in [0.1, 0.15) is 32.6 Å². The maximum absolute atomic E-state index is 13.0. The number of methoxy groups -OCH3 is 1. The molecule has 1 heterocycles. The summed E-state index contributed by atoms with van der Waals surface area (Å²) in [4.78, 5) is 0.385. The first-order valence-electron chi connectivity index (χ1n) is 8.16. The third kappa shape index (κ3) is 3.08. The second kappa shape index (κ2) is 6.49. The lowest BCUT2D eigenvalue weighted by atomic mass is 10.0. The number of nitrogens with zero attached hydrogens (tertiary/aromatic N) is 1. The van der Waals surface area contributed by atoms with E-state index in [1.807, 2.05) is 24.3 Å². The molecule has 1 aliphatic heterocycles. The van der Waals surface area contributed by atoms with Crippen LogP contribution in [0.2, 0.25) is 0 Å². The first-order valence-corrected chi connectivity index (χ1v) is 9.60. The lowest BCUT2D eigenvalue weighted by Gasteiger charge is -2.34. The number of ether oxygens (including phenoxy) is 1. The van der Waals surface area contributed by atoms with Gasteiger partial charge in [-0.2, -0.15) is 4.31 Å². The zero-order valence-electron chi connectivity index (χ0n) is 13.7. The molecule has 124 valence electrons. The highest BCUT2D eigenvalue weighted by molar-refractivity contribution is 7.89. The third-order valence-electron chi connectivity index (χ3n) is 4.67. The smallest absolute Gasteiger partial charge is 0.243 e. The van der Waals surface area contributed by atoms with E-state index >= 15 is 0 Å². The number of benzene rings is 2. The molecule has 0 aliphatic carbocycles. The molecule has 1 saturated heterocycles. The molecule has 0 N–H and O–H groups in total. The summed E-state index contributed by atoms with van der Waals surface area (Å²) in [6.07, 6.45) is 3.88. The van der Waals surface area contributed by atoms with Gasteiger partial charge in [-0.1, -0.05) is 25.5 Å². The Bertz CT molecular complexity index is 801. The van der Waals surface area contributed by atoms with Crippen molar-refractivity contribution in [2.24, 2.45) is 0 Å². The molecule has 1 aliphatic rings. The highest BCUT2D eigenvalue weighted by Gasteiger charge is 2.32. The van der Waals surface area contributed by atoms with E-state index in [-0.39, 0.29) is 6.04 Å². The molecule has 2 aromatic rings. The van der Waals surface area contributed by atoms with Gasteiger partial charge >= 0.3 is 0 Å². The molecular weight excluding hydrogens is 310 g/mol. The monoisotopic (exact) mass is 333 g/mol. The summed E-state index contributed by atoms with van der Waals surface area (Å²) in [6.45, 7) is 2.69. The summed E-state index contributed by atoms with van der Waals surface area (Å²) >= 11 is 0. The van der Waals surface area contributed by atoms with Crippen molar-refractivity contribution in [2.75, 3.05) is 13.7 Å². The van der Waals surface area contributed by atoms with Gasteiger partial charge in [0.15, 0.2) is 0 Å². The SMILES string of the molecule is CC[C@@H]1CCCCN1S(=O)(=O)c1ccc2cc(OC)ccc2c1. The molecule has 0 spiro atoms. The molecule has 1 fully saturated rings. The van der Waals surface area contributed by atoms with Crippen molar-refractivity contribution in [3.8, 4) is 5.75 Å². The van der Waals surface area contributed by atoms with E-state index < -0.39 is 10.0 Å². The molecule has 23 heavy (non-hydrogen) atoms. The van der Waals surface area contributed by atoms with Crippen molar-refractivity contribution < 1.29 is 13.2 Å². The number of hydrogen-bond acceptors (Lipinski definition) is 3. The largest absolute Gasteiger partial charge is 0.497 e. The Balaban J connectivity index is 2.00. The summed E-state index contributed by atoms with van der Waals surface area (Å²) in [5.74, 6) is 0.773. The standard InChI is InChI=1S/C18H23NO3S/c1-3-16-6-4-5-11-19(16)23(20,21)18-10-8-14-12-17(22-2)9-7-15(14)13-18/h7-10,12-13,16H,3-6,11H2,1-2H3/t16-/m1/s1. The molecular formula is C18H23NO3S. The first-order chi connectivity index (χ1) is 11.1. The fourth-order valence-electron chi connectivity index (χ4n) is 3.32. The van der Waals surface area contributed by atoms with E-state index in [0.717, 1.165) is 42.2 Å². The van der Waals surface area contributed by atoms with Crippen LogP contribution in [0.25, 0.3) is 10.8 Å². The molecule has 3 rings (SSSR count). The van der Waals surface area contributed by atoms with E-state index in [2.05, 4.69) is 6.92 Å². The van der Waals surface area contributed by atoms with Gasteiger partial charge in [-0.15, -0.1) is 0 Å². The number of piperidine rings is 1. The van der Waals surface area contributed by atoms with Crippen LogP contribution in [0.4, 0.5) is 0 Å². The minimum absolute atomic E-state index is 0.125. The lowest BCUT2D eigenvalue weighted by Crippen LogP contribution is -2.43. The Hall–Kier alpha value is -1.59. The van der Waals surface area contributed by atoms with Crippen LogP contribution in [0.3, 0.4) is 0 Å². The van der Waals surface area contributed by atoms with Gasteiger partial charge < -0.3 is 4.74 Å². The van der Waals surface area contributed by atoms with Crippen molar-refractivity contribution >= 4 is 20.8 Å². The van der Waals surface area contributed by atoms with Gasteiger partial charge in [0.05, 0.1) is 12.0 Å². The van der Waals surface area contributed by atoms with Gasteiger partial charge in [0.2, 0.25) is 10.0 Å². The third-order valence-corrected chi connectivity index (χ3v) is 6.62. The molecule has 0 bridgehead atoms. The molecule has 0 radical (unpaired) electrons. The van der Waals surface area contributed by atoms with Crippen molar-refractivity contribution in [2.45, 2.75) is 43.5 Å². The lowest BCUT2D eigenvalue weighted by molar-refractivity contribution is 0.246. The predicted molar refractivity (Wildman–Crippen MR) is 92.3 cm³/mol. The highest BCUT2D eigenvalue weighted by Crippen LogP contribution is 2.29. The molecule has 0 amide bonds. The zero-order chi connectivity index (χ0) is 16.4. The maximum Gasteiger partial charge on any atom is 0.243 e. The predicted octanol–water partition coefficient (Wildman–Crippen LogP) is 3.80. The second-order valence-corrected chi connectivity index (χ2v) is 7.94. The van der Waals surface area contributed by atoms with Crippen LogP contribution in [-0.2, 0) is 10.0 Å². The highest BCUT2D eigenvalue weighted by atomic mass is 32.2.